The standard InChI is InChI=1S/C9H8Cl2O3/c1-5-2-6(10)7(11)3-8(5)14-4-9(12)13/h2-3H,4H2,1H3,(H,12,13). The van der Waals surface area contributed by atoms with Crippen molar-refractivity contribution in [2.75, 3.05) is 6.61 Å². The number of carboxylic acid groups (broad SMARTS) is 1. The maximum atomic E-state index is 10.3. The highest BCUT2D eigenvalue weighted by Gasteiger charge is 2.06. The monoisotopic (exact) mass is 234 g/mol. The molecule has 0 aliphatic carbocycles. The molecule has 0 radical (unpaired) electrons. The second-order valence-corrected chi connectivity index (χ2v) is 3.53. The molecule has 1 N–H and O–H groups in total. The SMILES string of the molecule is Cc1cc(Cl)c(Cl)cc1OCC(=O)O. The second-order valence-electron chi connectivity index (χ2n) is 2.71. The van der Waals surface area contributed by atoms with E-state index in [4.69, 9.17) is 33.0 Å². The minimum atomic E-state index is -1.03. The number of ether oxygens (including phenoxy) is 1. The summed E-state index contributed by atoms with van der Waals surface area (Å²) in [6.45, 7) is 1.37. The number of hydrogen-bond donors (Lipinski definition) is 1. The van der Waals surface area contributed by atoms with Gasteiger partial charge in [0.25, 0.3) is 0 Å². The molecule has 0 amide bonds. The number of benzene rings is 1. The molecular formula is C9H8Cl2O3. The fraction of sp³-hybridized carbons (Fsp3) is 0.222. The molecule has 0 aliphatic heterocycles. The molecule has 1 aromatic carbocycles. The van der Waals surface area contributed by atoms with Gasteiger partial charge in [-0.2, -0.15) is 0 Å². The van der Waals surface area contributed by atoms with Crippen LogP contribution in [0.3, 0.4) is 0 Å². The van der Waals surface area contributed by atoms with E-state index in [1.165, 1.54) is 6.07 Å². The van der Waals surface area contributed by atoms with Crippen molar-refractivity contribution in [1.29, 1.82) is 0 Å². The van der Waals surface area contributed by atoms with Gasteiger partial charge in [0.15, 0.2) is 6.61 Å². The van der Waals surface area contributed by atoms with E-state index >= 15 is 0 Å². The largest absolute Gasteiger partial charge is 0.482 e. The van der Waals surface area contributed by atoms with Crippen LogP contribution < -0.4 is 4.74 Å². The first-order valence-corrected chi connectivity index (χ1v) is 4.56. The summed E-state index contributed by atoms with van der Waals surface area (Å²) in [6.07, 6.45) is 0. The zero-order chi connectivity index (χ0) is 10.7. The lowest BCUT2D eigenvalue weighted by Crippen LogP contribution is -2.10. The summed E-state index contributed by atoms with van der Waals surface area (Å²) in [4.78, 5) is 10.3. The number of rotatable bonds is 3. The molecule has 0 atom stereocenters. The summed E-state index contributed by atoms with van der Waals surface area (Å²) in [7, 11) is 0. The highest BCUT2D eigenvalue weighted by atomic mass is 35.5. The molecule has 0 aliphatic rings. The fourth-order valence-electron chi connectivity index (χ4n) is 0.923. The average molecular weight is 235 g/mol. The molecule has 3 nitrogen and oxygen atoms in total. The quantitative estimate of drug-likeness (QED) is 0.876. The van der Waals surface area contributed by atoms with Crippen LogP contribution in [-0.2, 0) is 4.79 Å². The number of carboxylic acids is 1. The Morgan fingerprint density at radius 2 is 2.00 bits per heavy atom. The molecule has 0 bridgehead atoms. The molecule has 76 valence electrons. The van der Waals surface area contributed by atoms with Crippen molar-refractivity contribution in [3.63, 3.8) is 0 Å². The van der Waals surface area contributed by atoms with Crippen LogP contribution in [0.1, 0.15) is 5.56 Å². The highest BCUT2D eigenvalue weighted by molar-refractivity contribution is 6.42. The first kappa shape index (κ1) is 11.1. The molecule has 0 unspecified atom stereocenters. The van der Waals surface area contributed by atoms with Crippen LogP contribution in [0.25, 0.3) is 0 Å². The van der Waals surface area contributed by atoms with Crippen molar-refractivity contribution in [1.82, 2.24) is 0 Å². The van der Waals surface area contributed by atoms with E-state index in [2.05, 4.69) is 0 Å². The minimum absolute atomic E-state index is 0.345. The molecule has 0 heterocycles. The van der Waals surface area contributed by atoms with E-state index in [9.17, 15) is 4.79 Å². The van der Waals surface area contributed by atoms with E-state index < -0.39 is 12.6 Å². The van der Waals surface area contributed by atoms with E-state index in [1.807, 2.05) is 0 Å². The molecular weight excluding hydrogens is 227 g/mol. The van der Waals surface area contributed by atoms with Gasteiger partial charge in [0.2, 0.25) is 0 Å². The van der Waals surface area contributed by atoms with Crippen molar-refractivity contribution in [3.05, 3.63) is 27.7 Å². The maximum Gasteiger partial charge on any atom is 0.341 e. The summed E-state index contributed by atoms with van der Waals surface area (Å²) >= 11 is 11.5. The van der Waals surface area contributed by atoms with Gasteiger partial charge in [0.05, 0.1) is 10.0 Å². The zero-order valence-corrected chi connectivity index (χ0v) is 8.89. The average Bonchev–Trinajstić information content (AvgIpc) is 2.09. The van der Waals surface area contributed by atoms with E-state index in [-0.39, 0.29) is 0 Å². The zero-order valence-electron chi connectivity index (χ0n) is 7.38. The summed E-state index contributed by atoms with van der Waals surface area (Å²) in [6, 6.07) is 3.13. The van der Waals surface area contributed by atoms with Crippen LogP contribution in [0, 0.1) is 6.92 Å². The lowest BCUT2D eigenvalue weighted by atomic mass is 10.2. The van der Waals surface area contributed by atoms with Crippen molar-refractivity contribution < 1.29 is 14.6 Å². The Hall–Kier alpha value is -0.930. The Morgan fingerprint density at radius 3 is 2.57 bits per heavy atom. The van der Waals surface area contributed by atoms with E-state index in [1.54, 1.807) is 13.0 Å². The van der Waals surface area contributed by atoms with Gasteiger partial charge >= 0.3 is 5.97 Å². The molecule has 0 aromatic heterocycles. The summed E-state index contributed by atoms with van der Waals surface area (Å²) in [5.41, 5.74) is 0.751. The molecule has 0 saturated carbocycles. The summed E-state index contributed by atoms with van der Waals surface area (Å²) < 4.78 is 4.99. The Morgan fingerprint density at radius 1 is 1.43 bits per heavy atom. The minimum Gasteiger partial charge on any atom is -0.482 e. The number of aliphatic carboxylic acids is 1. The normalized spacial score (nSPS) is 9.93. The molecule has 0 spiro atoms. The van der Waals surface area contributed by atoms with Crippen molar-refractivity contribution in [2.45, 2.75) is 6.92 Å². The van der Waals surface area contributed by atoms with Crippen LogP contribution in [0.15, 0.2) is 12.1 Å². The highest BCUT2D eigenvalue weighted by Crippen LogP contribution is 2.29. The smallest absolute Gasteiger partial charge is 0.341 e. The van der Waals surface area contributed by atoms with Crippen LogP contribution >= 0.6 is 23.2 Å². The Labute approximate surface area is 91.2 Å². The summed E-state index contributed by atoms with van der Waals surface area (Å²) in [5, 5.41) is 9.17. The van der Waals surface area contributed by atoms with Gasteiger partial charge in [0, 0.05) is 6.07 Å². The molecule has 0 fully saturated rings. The lowest BCUT2D eigenvalue weighted by Gasteiger charge is -2.07. The van der Waals surface area contributed by atoms with Gasteiger partial charge in [-0.05, 0) is 18.6 Å². The Bertz CT molecular complexity index is 363. The van der Waals surface area contributed by atoms with Crippen LogP contribution in [0.4, 0.5) is 0 Å². The van der Waals surface area contributed by atoms with Gasteiger partial charge in [-0.25, -0.2) is 4.79 Å². The van der Waals surface area contributed by atoms with E-state index in [0.29, 0.717) is 15.8 Å². The van der Waals surface area contributed by atoms with Gasteiger partial charge in [-0.15, -0.1) is 0 Å². The number of aryl methyl sites for hydroxylation is 1. The third-order valence-electron chi connectivity index (χ3n) is 1.57. The van der Waals surface area contributed by atoms with Crippen LogP contribution in [0.2, 0.25) is 10.0 Å². The molecule has 1 rings (SSSR count). The van der Waals surface area contributed by atoms with Crippen molar-refractivity contribution in [3.8, 4) is 5.75 Å². The van der Waals surface area contributed by atoms with Crippen molar-refractivity contribution in [2.24, 2.45) is 0 Å². The molecule has 14 heavy (non-hydrogen) atoms. The second kappa shape index (κ2) is 4.53. The third kappa shape index (κ3) is 2.79. The van der Waals surface area contributed by atoms with Gasteiger partial charge in [-0.1, -0.05) is 23.2 Å². The maximum absolute atomic E-state index is 10.3. The number of carbonyl (C=O) groups is 1. The lowest BCUT2D eigenvalue weighted by molar-refractivity contribution is -0.139. The topological polar surface area (TPSA) is 46.5 Å². The fourth-order valence-corrected chi connectivity index (χ4v) is 1.29. The van der Waals surface area contributed by atoms with Crippen LogP contribution in [-0.4, -0.2) is 17.7 Å². The van der Waals surface area contributed by atoms with Gasteiger partial charge < -0.3 is 9.84 Å². The van der Waals surface area contributed by atoms with Crippen LogP contribution in [0.5, 0.6) is 5.75 Å². The number of hydrogen-bond acceptors (Lipinski definition) is 2. The van der Waals surface area contributed by atoms with Gasteiger partial charge in [-0.3, -0.25) is 0 Å². The predicted molar refractivity (Wildman–Crippen MR) is 54.3 cm³/mol. The van der Waals surface area contributed by atoms with Crippen molar-refractivity contribution >= 4 is 29.2 Å². The molecule has 5 heteroatoms. The predicted octanol–water partition coefficient (Wildman–Crippen LogP) is 2.77. The molecule has 1 aromatic rings. The first-order valence-electron chi connectivity index (χ1n) is 3.81. The van der Waals surface area contributed by atoms with Gasteiger partial charge in [0.1, 0.15) is 5.75 Å². The number of halogens is 2. The first-order chi connectivity index (χ1) is 6.50. The third-order valence-corrected chi connectivity index (χ3v) is 2.29. The van der Waals surface area contributed by atoms with E-state index in [0.717, 1.165) is 5.56 Å². The Kier molecular flexibility index (Phi) is 3.61. The summed E-state index contributed by atoms with van der Waals surface area (Å²) in [5.74, 6) is -0.600. The molecule has 0 saturated heterocycles. The Balaban J connectivity index is 2.87.